The number of hydrogen-bond acceptors (Lipinski definition) is 7. The van der Waals surface area contributed by atoms with E-state index in [0.717, 1.165) is 30.5 Å². The molecule has 7 N–H and O–H groups in total. The van der Waals surface area contributed by atoms with Crippen LogP contribution in [0.2, 0.25) is 0 Å². The predicted molar refractivity (Wildman–Crippen MR) is 174 cm³/mol. The lowest BCUT2D eigenvalue weighted by Gasteiger charge is -2.32. The number of carbonyl (C=O) groups is 4. The number of nitrogens with one attached hydrogen (secondary N) is 5. The minimum Gasteiger partial charge on any atom is -0.379 e. The Hall–Kier alpha value is -4.00. The van der Waals surface area contributed by atoms with Gasteiger partial charge in [0.2, 0.25) is 17.7 Å². The molecule has 0 radical (unpaired) electrons. The summed E-state index contributed by atoms with van der Waals surface area (Å²) in [6.07, 6.45) is 3.22. The van der Waals surface area contributed by atoms with E-state index < -0.39 is 24.0 Å². The molecule has 0 bridgehead atoms. The summed E-state index contributed by atoms with van der Waals surface area (Å²) in [4.78, 5) is 52.6. The van der Waals surface area contributed by atoms with Gasteiger partial charge >= 0.3 is 6.03 Å². The van der Waals surface area contributed by atoms with Crippen LogP contribution in [0, 0.1) is 5.92 Å². The molecule has 5 amide bonds. The van der Waals surface area contributed by atoms with E-state index >= 15 is 0 Å². The molecule has 2 aromatic rings. The average molecular weight is 624 g/mol. The number of primary amides is 1. The van der Waals surface area contributed by atoms with Crippen molar-refractivity contribution in [3.8, 4) is 0 Å². The van der Waals surface area contributed by atoms with Gasteiger partial charge in [-0.15, -0.1) is 0 Å². The van der Waals surface area contributed by atoms with Crippen LogP contribution < -0.4 is 32.3 Å². The van der Waals surface area contributed by atoms with Gasteiger partial charge in [0.15, 0.2) is 0 Å². The second-order valence-electron chi connectivity index (χ2n) is 11.6. The van der Waals surface area contributed by atoms with Crippen LogP contribution in [0.15, 0.2) is 54.6 Å². The molecule has 5 atom stereocenters. The lowest BCUT2D eigenvalue weighted by atomic mass is 9.94. The van der Waals surface area contributed by atoms with Crippen molar-refractivity contribution < 1.29 is 23.9 Å². The minimum absolute atomic E-state index is 0.152. The number of nitrogens with two attached hydrogens (primary N) is 1. The average Bonchev–Trinajstić information content (AvgIpc) is 3.45. The molecule has 0 aromatic heterocycles. The Morgan fingerprint density at radius 3 is 2.27 bits per heavy atom. The number of anilines is 1. The molecule has 1 fully saturated rings. The summed E-state index contributed by atoms with van der Waals surface area (Å²) in [5, 5.41) is 14.3. The number of carbonyl (C=O) groups excluding carboxylic acids is 4. The first-order valence-corrected chi connectivity index (χ1v) is 15.6. The molecule has 246 valence electrons. The number of amides is 5. The third-order valence-corrected chi connectivity index (χ3v) is 8.37. The highest BCUT2D eigenvalue weighted by molar-refractivity contribution is 5.94. The van der Waals surface area contributed by atoms with Gasteiger partial charge in [0.25, 0.3) is 0 Å². The molecule has 12 heteroatoms. The first kappa shape index (κ1) is 35.5. The van der Waals surface area contributed by atoms with Gasteiger partial charge in [-0.05, 0) is 69.6 Å². The highest BCUT2D eigenvalue weighted by Crippen LogP contribution is 2.25. The van der Waals surface area contributed by atoms with E-state index in [4.69, 9.17) is 10.5 Å². The maximum atomic E-state index is 13.4. The van der Waals surface area contributed by atoms with E-state index in [9.17, 15) is 19.2 Å². The van der Waals surface area contributed by atoms with Gasteiger partial charge in [-0.3, -0.25) is 14.4 Å². The van der Waals surface area contributed by atoms with Gasteiger partial charge in [-0.25, -0.2) is 4.79 Å². The summed E-state index contributed by atoms with van der Waals surface area (Å²) in [5.74, 6) is -1.14. The standard InChI is InChI=1S/C33H49N7O5/c1-22(29(45-4)28-13-9-19-40(28)3)30(41)39-27(20-23-10-6-5-7-11-23)31(42)37-21-24-14-16-25(17-15-24)38-32(43)26(35-2)12-8-18-36-33(34)44/h5-7,10-11,14-17,22,26-29,35H,8-9,12-13,18-21H2,1-4H3,(H,37,42)(H,38,43)(H,39,41)(H3,34,36,44). The van der Waals surface area contributed by atoms with Crippen molar-refractivity contribution in [1.29, 1.82) is 0 Å². The monoisotopic (exact) mass is 623 g/mol. The largest absolute Gasteiger partial charge is 0.379 e. The summed E-state index contributed by atoms with van der Waals surface area (Å²) < 4.78 is 5.79. The van der Waals surface area contributed by atoms with E-state index in [-0.39, 0.29) is 36.4 Å². The fraction of sp³-hybridized carbons (Fsp3) is 0.515. The SMILES string of the molecule is CNC(CCCNC(N)=O)C(=O)Nc1ccc(CNC(=O)C(Cc2ccccc2)NC(=O)C(C)C(OC)C2CCCN2C)cc1. The number of urea groups is 1. The predicted octanol–water partition coefficient (Wildman–Crippen LogP) is 1.75. The van der Waals surface area contributed by atoms with Crippen molar-refractivity contribution in [2.24, 2.45) is 11.7 Å². The molecule has 12 nitrogen and oxygen atoms in total. The van der Waals surface area contributed by atoms with Crippen LogP contribution in [0.3, 0.4) is 0 Å². The van der Waals surface area contributed by atoms with Crippen LogP contribution in [0.25, 0.3) is 0 Å². The number of ether oxygens (including phenoxy) is 1. The zero-order valence-corrected chi connectivity index (χ0v) is 26.8. The van der Waals surface area contributed by atoms with Crippen molar-refractivity contribution in [3.63, 3.8) is 0 Å². The molecule has 1 heterocycles. The number of hydrogen-bond donors (Lipinski definition) is 6. The Balaban J connectivity index is 1.58. The molecule has 0 saturated carbocycles. The molecule has 5 unspecified atom stereocenters. The van der Waals surface area contributed by atoms with Crippen LogP contribution in [0.1, 0.15) is 43.7 Å². The van der Waals surface area contributed by atoms with Crippen LogP contribution >= 0.6 is 0 Å². The van der Waals surface area contributed by atoms with E-state index in [1.807, 2.05) is 49.4 Å². The first-order chi connectivity index (χ1) is 21.6. The van der Waals surface area contributed by atoms with Crippen LogP contribution in [-0.2, 0) is 32.1 Å². The molecule has 1 saturated heterocycles. The molecule has 2 aromatic carbocycles. The maximum absolute atomic E-state index is 13.4. The summed E-state index contributed by atoms with van der Waals surface area (Å²) in [6, 6.07) is 15.2. The number of rotatable bonds is 17. The number of likely N-dealkylation sites (tertiary alicyclic amines) is 1. The number of methoxy groups -OCH3 is 1. The second kappa shape index (κ2) is 18.1. The lowest BCUT2D eigenvalue weighted by Crippen LogP contribution is -2.53. The van der Waals surface area contributed by atoms with Gasteiger partial charge in [-0.2, -0.15) is 0 Å². The number of nitrogens with zero attached hydrogens (tertiary/aromatic N) is 1. The van der Waals surface area contributed by atoms with E-state index in [1.165, 1.54) is 0 Å². The highest BCUT2D eigenvalue weighted by Gasteiger charge is 2.37. The van der Waals surface area contributed by atoms with Crippen molar-refractivity contribution in [2.75, 3.05) is 39.6 Å². The molecule has 1 aliphatic heterocycles. The van der Waals surface area contributed by atoms with Crippen molar-refractivity contribution in [2.45, 2.75) is 69.8 Å². The molecule has 1 aliphatic rings. The second-order valence-corrected chi connectivity index (χ2v) is 11.6. The zero-order chi connectivity index (χ0) is 32.8. The zero-order valence-electron chi connectivity index (χ0n) is 26.8. The normalized spacial score (nSPS) is 17.5. The van der Waals surface area contributed by atoms with Crippen molar-refractivity contribution in [3.05, 3.63) is 65.7 Å². The fourth-order valence-corrected chi connectivity index (χ4v) is 5.73. The van der Waals surface area contributed by atoms with Gasteiger partial charge in [-0.1, -0.05) is 49.4 Å². The number of likely N-dealkylation sites (N-methyl/N-ethyl adjacent to an activating group) is 2. The Bertz CT molecular complexity index is 1240. The highest BCUT2D eigenvalue weighted by atomic mass is 16.5. The maximum Gasteiger partial charge on any atom is 0.312 e. The Morgan fingerprint density at radius 1 is 0.956 bits per heavy atom. The van der Waals surface area contributed by atoms with Crippen LogP contribution in [0.5, 0.6) is 0 Å². The van der Waals surface area contributed by atoms with E-state index in [2.05, 4.69) is 38.5 Å². The van der Waals surface area contributed by atoms with Crippen molar-refractivity contribution in [1.82, 2.24) is 26.2 Å². The lowest BCUT2D eigenvalue weighted by molar-refractivity contribution is -0.135. The van der Waals surface area contributed by atoms with Crippen LogP contribution in [-0.4, -0.2) is 87.2 Å². The third kappa shape index (κ3) is 11.1. The molecular weight excluding hydrogens is 574 g/mol. The molecule has 0 spiro atoms. The van der Waals surface area contributed by atoms with Crippen LogP contribution in [0.4, 0.5) is 10.5 Å². The molecule has 0 aliphatic carbocycles. The van der Waals surface area contributed by atoms with Gasteiger partial charge in [0.1, 0.15) is 6.04 Å². The number of benzene rings is 2. The summed E-state index contributed by atoms with van der Waals surface area (Å²) in [5.41, 5.74) is 7.47. The Kier molecular flexibility index (Phi) is 14.3. The van der Waals surface area contributed by atoms with Crippen molar-refractivity contribution >= 4 is 29.4 Å². The summed E-state index contributed by atoms with van der Waals surface area (Å²) >= 11 is 0. The molecule has 3 rings (SSSR count). The first-order valence-electron chi connectivity index (χ1n) is 15.6. The Labute approximate surface area is 266 Å². The quantitative estimate of drug-likeness (QED) is 0.146. The molecule has 45 heavy (non-hydrogen) atoms. The topological polar surface area (TPSA) is 167 Å². The van der Waals surface area contributed by atoms with Gasteiger partial charge in [0, 0.05) is 38.3 Å². The Morgan fingerprint density at radius 2 is 1.67 bits per heavy atom. The smallest absolute Gasteiger partial charge is 0.312 e. The summed E-state index contributed by atoms with van der Waals surface area (Å²) in [6.45, 7) is 3.47. The summed E-state index contributed by atoms with van der Waals surface area (Å²) in [7, 11) is 5.39. The van der Waals surface area contributed by atoms with Gasteiger partial charge in [0.05, 0.1) is 18.1 Å². The third-order valence-electron chi connectivity index (χ3n) is 8.37. The van der Waals surface area contributed by atoms with E-state index in [1.54, 1.807) is 26.3 Å². The van der Waals surface area contributed by atoms with E-state index in [0.29, 0.717) is 31.5 Å². The molecular formula is C33H49N7O5. The van der Waals surface area contributed by atoms with Gasteiger partial charge < -0.3 is 42.0 Å². The minimum atomic E-state index is -0.767. The fourth-order valence-electron chi connectivity index (χ4n) is 5.73.